The van der Waals surface area contributed by atoms with E-state index in [-0.39, 0.29) is 12.0 Å². The smallest absolute Gasteiger partial charge is 0.0746 e. The predicted octanol–water partition coefficient (Wildman–Crippen LogP) is 2.78. The highest BCUT2D eigenvalue weighted by atomic mass is 35.5. The van der Waals surface area contributed by atoms with Crippen molar-refractivity contribution in [3.05, 3.63) is 22.2 Å². The molecule has 2 atom stereocenters. The third-order valence-corrected chi connectivity index (χ3v) is 3.79. The van der Waals surface area contributed by atoms with Crippen molar-refractivity contribution in [1.82, 2.24) is 0 Å². The number of nitrogen functional groups attached to an aromatic ring is 1. The normalized spacial score (nSPS) is 25.1. The average molecular weight is 275 g/mol. The van der Waals surface area contributed by atoms with Crippen molar-refractivity contribution in [2.45, 2.75) is 19.4 Å². The number of benzene rings is 1. The van der Waals surface area contributed by atoms with Gasteiger partial charge in [0, 0.05) is 18.8 Å². The molecular formula is C12H16Cl2N2O. The molecule has 0 aliphatic carbocycles. The summed E-state index contributed by atoms with van der Waals surface area (Å²) in [4.78, 5) is 2.11. The summed E-state index contributed by atoms with van der Waals surface area (Å²) in [5.74, 6) is 0.216. The van der Waals surface area contributed by atoms with E-state index in [0.29, 0.717) is 15.7 Å². The van der Waals surface area contributed by atoms with Crippen LogP contribution in [0.2, 0.25) is 10.0 Å². The second kappa shape index (κ2) is 4.92. The fraction of sp³-hybridized carbons (Fsp3) is 0.500. The first-order valence-corrected chi connectivity index (χ1v) is 6.42. The van der Waals surface area contributed by atoms with Crippen molar-refractivity contribution in [3.8, 4) is 0 Å². The maximum Gasteiger partial charge on any atom is 0.0746 e. The van der Waals surface area contributed by atoms with Gasteiger partial charge in [-0.3, -0.25) is 0 Å². The highest BCUT2D eigenvalue weighted by Gasteiger charge is 2.26. The van der Waals surface area contributed by atoms with Crippen LogP contribution in [0.1, 0.15) is 13.3 Å². The Hall–Kier alpha value is -0.640. The summed E-state index contributed by atoms with van der Waals surface area (Å²) in [5, 5.41) is 10.8. The zero-order valence-electron chi connectivity index (χ0n) is 9.66. The van der Waals surface area contributed by atoms with Gasteiger partial charge in [0.15, 0.2) is 0 Å². The Labute approximate surface area is 111 Å². The Morgan fingerprint density at radius 2 is 1.94 bits per heavy atom. The minimum Gasteiger partial charge on any atom is -0.399 e. The SMILES string of the molecule is CC1CN(c2c(Cl)cc(N)cc2Cl)CCC1O. The minimum atomic E-state index is -0.238. The number of aliphatic hydroxyl groups is 1. The zero-order valence-corrected chi connectivity index (χ0v) is 11.2. The van der Waals surface area contributed by atoms with Gasteiger partial charge < -0.3 is 15.7 Å². The van der Waals surface area contributed by atoms with Crippen molar-refractivity contribution in [3.63, 3.8) is 0 Å². The third-order valence-electron chi connectivity index (χ3n) is 3.22. The molecule has 94 valence electrons. The molecule has 1 fully saturated rings. The van der Waals surface area contributed by atoms with E-state index in [2.05, 4.69) is 4.90 Å². The monoisotopic (exact) mass is 274 g/mol. The first-order chi connectivity index (χ1) is 7.99. The van der Waals surface area contributed by atoms with Gasteiger partial charge in [-0.1, -0.05) is 30.1 Å². The van der Waals surface area contributed by atoms with Crippen molar-refractivity contribution in [2.75, 3.05) is 23.7 Å². The average Bonchev–Trinajstić information content (AvgIpc) is 2.21. The number of halogens is 2. The lowest BCUT2D eigenvalue weighted by Crippen LogP contribution is -2.42. The minimum absolute atomic E-state index is 0.216. The molecule has 0 bridgehead atoms. The first-order valence-electron chi connectivity index (χ1n) is 5.66. The Balaban J connectivity index is 2.29. The van der Waals surface area contributed by atoms with Crippen LogP contribution < -0.4 is 10.6 Å². The van der Waals surface area contributed by atoms with E-state index in [0.717, 1.165) is 25.2 Å². The predicted molar refractivity (Wildman–Crippen MR) is 72.9 cm³/mol. The largest absolute Gasteiger partial charge is 0.399 e. The van der Waals surface area contributed by atoms with E-state index in [4.69, 9.17) is 28.9 Å². The van der Waals surface area contributed by atoms with Crippen LogP contribution >= 0.6 is 23.2 Å². The highest BCUT2D eigenvalue weighted by Crippen LogP contribution is 2.37. The molecular weight excluding hydrogens is 259 g/mol. The molecule has 5 heteroatoms. The standard InChI is InChI=1S/C12H16Cl2N2O/c1-7-6-16(3-2-11(7)17)12-9(13)4-8(15)5-10(12)14/h4-5,7,11,17H,2-3,6,15H2,1H3. The molecule has 0 aromatic heterocycles. The summed E-state index contributed by atoms with van der Waals surface area (Å²) in [7, 11) is 0. The van der Waals surface area contributed by atoms with Crippen molar-refractivity contribution in [1.29, 1.82) is 0 Å². The molecule has 1 heterocycles. The van der Waals surface area contributed by atoms with E-state index >= 15 is 0 Å². The maximum absolute atomic E-state index is 9.71. The van der Waals surface area contributed by atoms with Crippen LogP contribution in [0.3, 0.4) is 0 Å². The molecule has 1 saturated heterocycles. The number of anilines is 2. The highest BCUT2D eigenvalue weighted by molar-refractivity contribution is 6.39. The van der Waals surface area contributed by atoms with E-state index in [1.165, 1.54) is 0 Å². The third kappa shape index (κ3) is 2.62. The molecule has 1 aliphatic heterocycles. The first kappa shape index (κ1) is 12.8. The van der Waals surface area contributed by atoms with Crippen LogP contribution in [-0.4, -0.2) is 24.3 Å². The molecule has 0 spiro atoms. The quantitative estimate of drug-likeness (QED) is 0.775. The number of piperidine rings is 1. The summed E-state index contributed by atoms with van der Waals surface area (Å²) in [6.07, 6.45) is 0.496. The number of nitrogens with two attached hydrogens (primary N) is 1. The molecule has 0 radical (unpaired) electrons. The summed E-state index contributed by atoms with van der Waals surface area (Å²) in [5.41, 5.74) is 7.06. The number of aliphatic hydroxyl groups excluding tert-OH is 1. The Morgan fingerprint density at radius 1 is 1.35 bits per heavy atom. The van der Waals surface area contributed by atoms with Crippen molar-refractivity contribution >= 4 is 34.6 Å². The van der Waals surface area contributed by atoms with E-state index < -0.39 is 0 Å². The van der Waals surface area contributed by atoms with Gasteiger partial charge >= 0.3 is 0 Å². The van der Waals surface area contributed by atoms with Gasteiger partial charge in [0.2, 0.25) is 0 Å². The molecule has 17 heavy (non-hydrogen) atoms. The van der Waals surface area contributed by atoms with Crippen LogP contribution in [0.5, 0.6) is 0 Å². The molecule has 2 rings (SSSR count). The van der Waals surface area contributed by atoms with E-state index in [1.54, 1.807) is 12.1 Å². The lowest BCUT2D eigenvalue weighted by molar-refractivity contribution is 0.0971. The zero-order chi connectivity index (χ0) is 12.6. The van der Waals surface area contributed by atoms with Gasteiger partial charge in [0.05, 0.1) is 21.8 Å². The van der Waals surface area contributed by atoms with Gasteiger partial charge in [-0.2, -0.15) is 0 Å². The van der Waals surface area contributed by atoms with Gasteiger partial charge in [-0.25, -0.2) is 0 Å². The Bertz CT molecular complexity index is 402. The van der Waals surface area contributed by atoms with E-state index in [1.807, 2.05) is 6.92 Å². The summed E-state index contributed by atoms with van der Waals surface area (Å²) < 4.78 is 0. The topological polar surface area (TPSA) is 49.5 Å². The van der Waals surface area contributed by atoms with Crippen LogP contribution in [-0.2, 0) is 0 Å². The number of nitrogens with zero attached hydrogens (tertiary/aromatic N) is 1. The lowest BCUT2D eigenvalue weighted by atomic mass is 9.96. The van der Waals surface area contributed by atoms with Crippen LogP contribution in [0.25, 0.3) is 0 Å². The fourth-order valence-electron chi connectivity index (χ4n) is 2.22. The second-order valence-electron chi connectivity index (χ2n) is 4.61. The summed E-state index contributed by atoms with van der Waals surface area (Å²) >= 11 is 12.4. The van der Waals surface area contributed by atoms with Crippen LogP contribution in [0.4, 0.5) is 11.4 Å². The number of hydrogen-bond donors (Lipinski definition) is 2. The molecule has 0 amide bonds. The molecule has 2 unspecified atom stereocenters. The number of hydrogen-bond acceptors (Lipinski definition) is 3. The Morgan fingerprint density at radius 3 is 2.47 bits per heavy atom. The second-order valence-corrected chi connectivity index (χ2v) is 5.43. The molecule has 1 aromatic carbocycles. The van der Waals surface area contributed by atoms with Crippen molar-refractivity contribution in [2.24, 2.45) is 5.92 Å². The summed E-state index contributed by atoms with van der Waals surface area (Å²) in [6, 6.07) is 3.41. The fourth-order valence-corrected chi connectivity index (χ4v) is 2.97. The lowest BCUT2D eigenvalue weighted by Gasteiger charge is -2.36. The van der Waals surface area contributed by atoms with Gasteiger partial charge in [0.1, 0.15) is 0 Å². The van der Waals surface area contributed by atoms with Crippen LogP contribution in [0.15, 0.2) is 12.1 Å². The van der Waals surface area contributed by atoms with Crippen LogP contribution in [0, 0.1) is 5.92 Å². The van der Waals surface area contributed by atoms with E-state index in [9.17, 15) is 5.11 Å². The maximum atomic E-state index is 9.71. The number of rotatable bonds is 1. The molecule has 3 N–H and O–H groups in total. The van der Waals surface area contributed by atoms with Gasteiger partial charge in [0.25, 0.3) is 0 Å². The van der Waals surface area contributed by atoms with Gasteiger partial charge in [-0.05, 0) is 24.5 Å². The summed E-state index contributed by atoms with van der Waals surface area (Å²) in [6.45, 7) is 3.54. The van der Waals surface area contributed by atoms with Gasteiger partial charge in [-0.15, -0.1) is 0 Å². The molecule has 1 aliphatic rings. The Kier molecular flexibility index (Phi) is 3.71. The molecule has 3 nitrogen and oxygen atoms in total. The van der Waals surface area contributed by atoms with Crippen molar-refractivity contribution < 1.29 is 5.11 Å². The molecule has 1 aromatic rings. The molecule has 0 saturated carbocycles.